The van der Waals surface area contributed by atoms with E-state index in [0.717, 1.165) is 12.0 Å². The van der Waals surface area contributed by atoms with Crippen LogP contribution < -0.4 is 5.73 Å². The summed E-state index contributed by atoms with van der Waals surface area (Å²) in [7, 11) is 2.32. The highest BCUT2D eigenvalue weighted by Crippen LogP contribution is 2.31. The molecule has 0 spiro atoms. The molecule has 2 aliphatic rings. The molecule has 2 rings (SSSR count). The van der Waals surface area contributed by atoms with Crippen molar-refractivity contribution in [1.29, 1.82) is 0 Å². The van der Waals surface area contributed by atoms with Crippen LogP contribution >= 0.6 is 0 Å². The van der Waals surface area contributed by atoms with Gasteiger partial charge in [-0.25, -0.2) is 0 Å². The van der Waals surface area contributed by atoms with Crippen molar-refractivity contribution in [2.45, 2.75) is 76.4 Å². The van der Waals surface area contributed by atoms with Gasteiger partial charge < -0.3 is 5.73 Å². The van der Waals surface area contributed by atoms with Crippen molar-refractivity contribution >= 4 is 0 Å². The van der Waals surface area contributed by atoms with Crippen LogP contribution in [0.3, 0.4) is 0 Å². The lowest BCUT2D eigenvalue weighted by Gasteiger charge is -2.44. The summed E-state index contributed by atoms with van der Waals surface area (Å²) in [6, 6.07) is 1.87. The average Bonchev–Trinajstić information content (AvgIpc) is 2.29. The van der Waals surface area contributed by atoms with Gasteiger partial charge in [0.05, 0.1) is 0 Å². The third kappa shape index (κ3) is 2.60. The van der Waals surface area contributed by atoms with Gasteiger partial charge in [-0.15, -0.1) is 0 Å². The van der Waals surface area contributed by atoms with Crippen LogP contribution in [0.25, 0.3) is 0 Å². The zero-order valence-electron chi connectivity index (χ0n) is 11.0. The highest BCUT2D eigenvalue weighted by atomic mass is 15.2. The van der Waals surface area contributed by atoms with Crippen molar-refractivity contribution < 1.29 is 0 Å². The van der Waals surface area contributed by atoms with Crippen LogP contribution in [0.15, 0.2) is 0 Å². The molecule has 2 fully saturated rings. The summed E-state index contributed by atoms with van der Waals surface area (Å²) in [6.07, 6.45) is 10.9. The van der Waals surface area contributed by atoms with Crippen LogP contribution in [0.2, 0.25) is 0 Å². The molecule has 2 aliphatic carbocycles. The van der Waals surface area contributed by atoms with Crippen LogP contribution in [0.1, 0.15) is 58.3 Å². The van der Waals surface area contributed by atoms with E-state index in [9.17, 15) is 0 Å². The maximum atomic E-state index is 6.29. The highest BCUT2D eigenvalue weighted by Gasteiger charge is 2.33. The molecule has 4 atom stereocenters. The zero-order valence-corrected chi connectivity index (χ0v) is 11.0. The minimum Gasteiger partial charge on any atom is -0.326 e. The Balaban J connectivity index is 1.96. The molecule has 0 aromatic rings. The van der Waals surface area contributed by atoms with Crippen molar-refractivity contribution in [3.05, 3.63) is 0 Å². The summed E-state index contributed by atoms with van der Waals surface area (Å²) in [5.41, 5.74) is 6.29. The molecule has 0 aliphatic heterocycles. The first kappa shape index (κ1) is 12.4. The summed E-state index contributed by atoms with van der Waals surface area (Å²) in [5, 5.41) is 0. The number of hydrogen-bond acceptors (Lipinski definition) is 2. The molecule has 0 saturated heterocycles. The summed E-state index contributed by atoms with van der Waals surface area (Å²) in [5.74, 6) is 0.868. The number of likely N-dealkylation sites (N-methyl/N-ethyl adjacent to an activating group) is 1. The topological polar surface area (TPSA) is 29.3 Å². The summed E-state index contributed by atoms with van der Waals surface area (Å²) in [4.78, 5) is 2.63. The van der Waals surface area contributed by atoms with Gasteiger partial charge in [0.2, 0.25) is 0 Å². The normalized spacial score (nSPS) is 41.2. The van der Waals surface area contributed by atoms with E-state index in [4.69, 9.17) is 5.73 Å². The molecule has 2 nitrogen and oxygen atoms in total. The molecule has 0 aromatic carbocycles. The van der Waals surface area contributed by atoms with E-state index in [2.05, 4.69) is 18.9 Å². The quantitative estimate of drug-likeness (QED) is 0.781. The Morgan fingerprint density at radius 1 is 0.875 bits per heavy atom. The Morgan fingerprint density at radius 3 is 2.06 bits per heavy atom. The van der Waals surface area contributed by atoms with E-state index in [1.165, 1.54) is 51.4 Å². The fourth-order valence-corrected chi connectivity index (χ4v) is 3.79. The highest BCUT2D eigenvalue weighted by molar-refractivity contribution is 4.90. The Hall–Kier alpha value is -0.0800. The molecule has 94 valence electrons. The Morgan fingerprint density at radius 2 is 1.44 bits per heavy atom. The van der Waals surface area contributed by atoms with Crippen LogP contribution in [-0.4, -0.2) is 30.1 Å². The standard InChI is InChI=1S/C14H28N2/c1-11-7-3-5-9-13(11)16(2)14-10-6-4-8-12(14)15/h11-14H,3-10,15H2,1-2H3. The smallest absolute Gasteiger partial charge is 0.0247 e. The predicted octanol–water partition coefficient (Wildman–Crippen LogP) is 2.77. The summed E-state index contributed by atoms with van der Waals surface area (Å²) < 4.78 is 0. The van der Waals surface area contributed by atoms with E-state index >= 15 is 0 Å². The van der Waals surface area contributed by atoms with Gasteiger partial charge in [0.15, 0.2) is 0 Å². The molecule has 0 amide bonds. The maximum absolute atomic E-state index is 6.29. The third-order valence-corrected chi connectivity index (χ3v) is 4.89. The molecule has 2 N–H and O–H groups in total. The molecule has 16 heavy (non-hydrogen) atoms. The lowest BCUT2D eigenvalue weighted by atomic mass is 9.82. The maximum Gasteiger partial charge on any atom is 0.0247 e. The van der Waals surface area contributed by atoms with Gasteiger partial charge in [-0.2, -0.15) is 0 Å². The monoisotopic (exact) mass is 224 g/mol. The molecule has 0 bridgehead atoms. The minimum atomic E-state index is 0.424. The van der Waals surface area contributed by atoms with Gasteiger partial charge in [0.1, 0.15) is 0 Å². The van der Waals surface area contributed by atoms with Crippen molar-refractivity contribution in [1.82, 2.24) is 4.90 Å². The van der Waals surface area contributed by atoms with Gasteiger partial charge in [-0.05, 0) is 38.6 Å². The first-order valence-electron chi connectivity index (χ1n) is 7.17. The predicted molar refractivity (Wildman–Crippen MR) is 69.4 cm³/mol. The first-order chi connectivity index (χ1) is 7.70. The van der Waals surface area contributed by atoms with Gasteiger partial charge >= 0.3 is 0 Å². The first-order valence-corrected chi connectivity index (χ1v) is 7.17. The summed E-state index contributed by atoms with van der Waals surface area (Å²) in [6.45, 7) is 2.43. The molecule has 2 saturated carbocycles. The lowest BCUT2D eigenvalue weighted by molar-refractivity contribution is 0.0671. The number of nitrogens with zero attached hydrogens (tertiary/aromatic N) is 1. The van der Waals surface area contributed by atoms with Gasteiger partial charge in [-0.1, -0.05) is 32.6 Å². The van der Waals surface area contributed by atoms with Gasteiger partial charge in [0, 0.05) is 18.1 Å². The second-order valence-corrected chi connectivity index (χ2v) is 6.01. The molecule has 0 aromatic heterocycles. The molecule has 4 unspecified atom stereocenters. The third-order valence-electron chi connectivity index (χ3n) is 4.89. The Kier molecular flexibility index (Phi) is 4.26. The largest absolute Gasteiger partial charge is 0.326 e. The van der Waals surface area contributed by atoms with Gasteiger partial charge in [-0.3, -0.25) is 4.90 Å². The Bertz CT molecular complexity index is 195. The second-order valence-electron chi connectivity index (χ2n) is 6.01. The van der Waals surface area contributed by atoms with Crippen LogP contribution in [0.5, 0.6) is 0 Å². The van der Waals surface area contributed by atoms with E-state index in [1.807, 2.05) is 0 Å². The van der Waals surface area contributed by atoms with Crippen molar-refractivity contribution in [3.63, 3.8) is 0 Å². The van der Waals surface area contributed by atoms with E-state index < -0.39 is 0 Å². The second kappa shape index (κ2) is 5.50. The van der Waals surface area contributed by atoms with Crippen LogP contribution in [0, 0.1) is 5.92 Å². The molecule has 2 heteroatoms. The Labute approximate surface area is 101 Å². The molecular formula is C14H28N2. The summed E-state index contributed by atoms with van der Waals surface area (Å²) >= 11 is 0. The minimum absolute atomic E-state index is 0.424. The fraction of sp³-hybridized carbons (Fsp3) is 1.00. The lowest BCUT2D eigenvalue weighted by Crippen LogP contribution is -2.53. The van der Waals surface area contributed by atoms with E-state index in [0.29, 0.717) is 12.1 Å². The average molecular weight is 224 g/mol. The van der Waals surface area contributed by atoms with Crippen LogP contribution in [0.4, 0.5) is 0 Å². The fourth-order valence-electron chi connectivity index (χ4n) is 3.79. The molecule has 0 radical (unpaired) electrons. The zero-order chi connectivity index (χ0) is 11.5. The van der Waals surface area contributed by atoms with Crippen molar-refractivity contribution in [3.8, 4) is 0 Å². The van der Waals surface area contributed by atoms with Crippen molar-refractivity contribution in [2.24, 2.45) is 11.7 Å². The SMILES string of the molecule is CC1CCCCC1N(C)C1CCCCC1N. The van der Waals surface area contributed by atoms with Crippen molar-refractivity contribution in [2.75, 3.05) is 7.05 Å². The number of hydrogen-bond donors (Lipinski definition) is 1. The van der Waals surface area contributed by atoms with Gasteiger partial charge in [0.25, 0.3) is 0 Å². The molecule has 0 heterocycles. The number of nitrogens with two attached hydrogens (primary N) is 1. The molecular weight excluding hydrogens is 196 g/mol. The van der Waals surface area contributed by atoms with Crippen LogP contribution in [-0.2, 0) is 0 Å². The number of rotatable bonds is 2. The van der Waals surface area contributed by atoms with E-state index in [1.54, 1.807) is 0 Å². The van der Waals surface area contributed by atoms with E-state index in [-0.39, 0.29) is 0 Å².